The van der Waals surface area contributed by atoms with Crippen molar-refractivity contribution in [2.24, 2.45) is 0 Å². The zero-order valence-electron chi connectivity index (χ0n) is 13.5. The maximum Gasteiger partial charge on any atom is 0.240 e. The number of sulfonamides is 1. The number of rotatable bonds is 5. The summed E-state index contributed by atoms with van der Waals surface area (Å²) >= 11 is 0. The van der Waals surface area contributed by atoms with Gasteiger partial charge in [0.25, 0.3) is 0 Å². The van der Waals surface area contributed by atoms with Gasteiger partial charge in [-0.05, 0) is 37.1 Å². The quantitative estimate of drug-likeness (QED) is 0.905. The molecule has 3 rings (SSSR count). The molecule has 0 saturated carbocycles. The second-order valence-corrected chi connectivity index (χ2v) is 7.65. The van der Waals surface area contributed by atoms with Gasteiger partial charge in [0, 0.05) is 25.2 Å². The van der Waals surface area contributed by atoms with Gasteiger partial charge in [0.05, 0.1) is 4.90 Å². The lowest BCUT2D eigenvalue weighted by Gasteiger charge is -2.17. The van der Waals surface area contributed by atoms with Gasteiger partial charge in [-0.2, -0.15) is 0 Å². The third-order valence-corrected chi connectivity index (χ3v) is 5.63. The molecule has 2 aromatic rings. The van der Waals surface area contributed by atoms with Crippen LogP contribution in [0.3, 0.4) is 0 Å². The van der Waals surface area contributed by atoms with Crippen molar-refractivity contribution < 1.29 is 13.2 Å². The SMILES string of the molecule is Cc1ccc(S(=O)(=O)NCCC(=O)N2CCc3ccccc32)cc1. The van der Waals surface area contributed by atoms with Crippen LogP contribution in [0.4, 0.5) is 5.69 Å². The minimum Gasteiger partial charge on any atom is -0.312 e. The monoisotopic (exact) mass is 344 g/mol. The van der Waals surface area contributed by atoms with Crippen LogP contribution in [0, 0.1) is 6.92 Å². The summed E-state index contributed by atoms with van der Waals surface area (Å²) in [5, 5.41) is 0. The van der Waals surface area contributed by atoms with Crippen LogP contribution >= 0.6 is 0 Å². The summed E-state index contributed by atoms with van der Waals surface area (Å²) in [6.45, 7) is 2.65. The number of para-hydroxylation sites is 1. The van der Waals surface area contributed by atoms with Crippen LogP contribution < -0.4 is 9.62 Å². The minimum absolute atomic E-state index is 0.0634. The molecule has 1 aliphatic heterocycles. The Balaban J connectivity index is 1.59. The number of nitrogens with one attached hydrogen (secondary N) is 1. The Bertz CT molecular complexity index is 845. The Morgan fingerprint density at radius 2 is 1.83 bits per heavy atom. The summed E-state index contributed by atoms with van der Waals surface area (Å²) in [7, 11) is -3.58. The highest BCUT2D eigenvalue weighted by atomic mass is 32.2. The predicted octanol–water partition coefficient (Wildman–Crippen LogP) is 2.25. The average Bonchev–Trinajstić information content (AvgIpc) is 2.99. The van der Waals surface area contributed by atoms with Gasteiger partial charge >= 0.3 is 0 Å². The molecule has 1 amide bonds. The third-order valence-electron chi connectivity index (χ3n) is 4.15. The Morgan fingerprint density at radius 1 is 1.12 bits per heavy atom. The molecule has 0 bridgehead atoms. The first-order valence-corrected chi connectivity index (χ1v) is 9.40. The number of carbonyl (C=O) groups excluding carboxylic acids is 1. The standard InChI is InChI=1S/C18H20N2O3S/c1-14-6-8-16(9-7-14)24(22,23)19-12-10-18(21)20-13-11-15-4-2-3-5-17(15)20/h2-9,19H,10-13H2,1H3. The van der Waals surface area contributed by atoms with Crippen molar-refractivity contribution in [3.63, 3.8) is 0 Å². The van der Waals surface area contributed by atoms with Gasteiger partial charge in [0.15, 0.2) is 0 Å². The summed E-state index contributed by atoms with van der Waals surface area (Å²) in [6.07, 6.45) is 0.983. The van der Waals surface area contributed by atoms with Crippen LogP contribution in [-0.4, -0.2) is 27.4 Å². The highest BCUT2D eigenvalue weighted by Gasteiger charge is 2.24. The van der Waals surface area contributed by atoms with Crippen LogP contribution in [0.5, 0.6) is 0 Å². The van der Waals surface area contributed by atoms with E-state index < -0.39 is 10.0 Å². The fourth-order valence-corrected chi connectivity index (χ4v) is 3.86. The van der Waals surface area contributed by atoms with Gasteiger partial charge in [0.2, 0.25) is 15.9 Å². The Labute approximate surface area is 142 Å². The highest BCUT2D eigenvalue weighted by molar-refractivity contribution is 7.89. The first-order valence-electron chi connectivity index (χ1n) is 7.92. The van der Waals surface area contributed by atoms with Crippen molar-refractivity contribution in [3.8, 4) is 0 Å². The maximum absolute atomic E-state index is 12.4. The molecule has 126 valence electrons. The second-order valence-electron chi connectivity index (χ2n) is 5.88. The lowest BCUT2D eigenvalue weighted by Crippen LogP contribution is -2.33. The van der Waals surface area contributed by atoms with E-state index in [1.54, 1.807) is 29.2 Å². The largest absolute Gasteiger partial charge is 0.312 e. The van der Waals surface area contributed by atoms with E-state index in [2.05, 4.69) is 4.72 Å². The van der Waals surface area contributed by atoms with Crippen molar-refractivity contribution in [1.82, 2.24) is 4.72 Å². The first-order chi connectivity index (χ1) is 11.5. The van der Waals surface area contributed by atoms with Crippen LogP contribution in [0.15, 0.2) is 53.4 Å². The molecule has 1 aliphatic rings. The molecule has 0 aromatic heterocycles. The number of fused-ring (bicyclic) bond motifs is 1. The molecule has 0 aliphatic carbocycles. The number of anilines is 1. The van der Waals surface area contributed by atoms with Crippen LogP contribution in [0.1, 0.15) is 17.5 Å². The molecule has 6 heteroatoms. The molecular weight excluding hydrogens is 324 g/mol. The van der Waals surface area contributed by atoms with E-state index in [-0.39, 0.29) is 23.8 Å². The normalized spacial score (nSPS) is 13.8. The zero-order chi connectivity index (χ0) is 17.2. The Morgan fingerprint density at radius 3 is 2.58 bits per heavy atom. The summed E-state index contributed by atoms with van der Waals surface area (Å²) < 4.78 is 26.9. The van der Waals surface area contributed by atoms with Crippen molar-refractivity contribution in [1.29, 1.82) is 0 Å². The van der Waals surface area contributed by atoms with Crippen molar-refractivity contribution in [3.05, 3.63) is 59.7 Å². The minimum atomic E-state index is -3.58. The molecule has 24 heavy (non-hydrogen) atoms. The summed E-state index contributed by atoms with van der Waals surface area (Å²) in [5.41, 5.74) is 3.09. The Kier molecular flexibility index (Phi) is 4.69. The molecule has 1 heterocycles. The molecule has 0 radical (unpaired) electrons. The van der Waals surface area contributed by atoms with Crippen molar-refractivity contribution in [2.45, 2.75) is 24.7 Å². The Hall–Kier alpha value is -2.18. The van der Waals surface area contributed by atoms with E-state index >= 15 is 0 Å². The van der Waals surface area contributed by atoms with Crippen LogP contribution in [0.2, 0.25) is 0 Å². The molecule has 0 saturated heterocycles. The van der Waals surface area contributed by atoms with Crippen molar-refractivity contribution in [2.75, 3.05) is 18.0 Å². The molecule has 1 N–H and O–H groups in total. The fourth-order valence-electron chi connectivity index (χ4n) is 2.83. The number of aryl methyl sites for hydroxylation is 1. The molecule has 2 aromatic carbocycles. The molecule has 0 atom stereocenters. The smallest absolute Gasteiger partial charge is 0.240 e. The lowest BCUT2D eigenvalue weighted by molar-refractivity contribution is -0.118. The topological polar surface area (TPSA) is 66.5 Å². The predicted molar refractivity (Wildman–Crippen MR) is 93.5 cm³/mol. The summed E-state index contributed by atoms with van der Waals surface area (Å²) in [5.74, 6) is -0.0634. The van der Waals surface area contributed by atoms with Gasteiger partial charge in [-0.25, -0.2) is 13.1 Å². The van der Waals surface area contributed by atoms with E-state index in [1.807, 2.05) is 31.2 Å². The zero-order valence-corrected chi connectivity index (χ0v) is 14.3. The maximum atomic E-state index is 12.4. The highest BCUT2D eigenvalue weighted by Crippen LogP contribution is 2.27. The molecule has 0 spiro atoms. The molecule has 0 fully saturated rings. The van der Waals surface area contributed by atoms with E-state index in [9.17, 15) is 13.2 Å². The lowest BCUT2D eigenvalue weighted by atomic mass is 10.2. The van der Waals surface area contributed by atoms with E-state index in [4.69, 9.17) is 0 Å². The average molecular weight is 344 g/mol. The second kappa shape index (κ2) is 6.75. The third kappa shape index (κ3) is 3.49. The van der Waals surface area contributed by atoms with Gasteiger partial charge in [-0.15, -0.1) is 0 Å². The number of hydrogen-bond acceptors (Lipinski definition) is 3. The van der Waals surface area contributed by atoms with Gasteiger partial charge in [-0.1, -0.05) is 35.9 Å². The van der Waals surface area contributed by atoms with E-state index in [0.29, 0.717) is 6.54 Å². The fraction of sp³-hybridized carbons (Fsp3) is 0.278. The van der Waals surface area contributed by atoms with Gasteiger partial charge < -0.3 is 4.90 Å². The molecular formula is C18H20N2O3S. The van der Waals surface area contributed by atoms with E-state index in [1.165, 1.54) is 0 Å². The van der Waals surface area contributed by atoms with Gasteiger partial charge in [0.1, 0.15) is 0 Å². The molecule has 0 unspecified atom stereocenters. The summed E-state index contributed by atoms with van der Waals surface area (Å²) in [4.78, 5) is 14.3. The van der Waals surface area contributed by atoms with Crippen LogP contribution in [-0.2, 0) is 21.2 Å². The summed E-state index contributed by atoms with van der Waals surface area (Å²) in [6, 6.07) is 14.4. The number of benzene rings is 2. The van der Waals surface area contributed by atoms with Crippen molar-refractivity contribution >= 4 is 21.6 Å². The number of carbonyl (C=O) groups is 1. The first kappa shape index (κ1) is 16.7. The number of hydrogen-bond donors (Lipinski definition) is 1. The number of nitrogens with zero attached hydrogens (tertiary/aromatic N) is 1. The van der Waals surface area contributed by atoms with E-state index in [0.717, 1.165) is 23.2 Å². The molecule has 5 nitrogen and oxygen atoms in total. The van der Waals surface area contributed by atoms with Gasteiger partial charge in [-0.3, -0.25) is 4.79 Å². The van der Waals surface area contributed by atoms with Crippen LogP contribution in [0.25, 0.3) is 0 Å². The number of amides is 1.